The van der Waals surface area contributed by atoms with Crippen LogP contribution < -0.4 is 0 Å². The molecule has 0 amide bonds. The van der Waals surface area contributed by atoms with Gasteiger partial charge in [0.1, 0.15) is 18.8 Å². The molecule has 70 valence electrons. The summed E-state index contributed by atoms with van der Waals surface area (Å²) in [6.45, 7) is 1.66. The summed E-state index contributed by atoms with van der Waals surface area (Å²) in [6, 6.07) is 0. The maximum absolute atomic E-state index is 10.8. The molecule has 0 saturated heterocycles. The lowest BCUT2D eigenvalue weighted by Gasteiger charge is -2.06. The molecule has 0 aromatic heterocycles. The van der Waals surface area contributed by atoms with E-state index in [2.05, 4.69) is 15.9 Å². The second-order valence-corrected chi connectivity index (χ2v) is 4.96. The fraction of sp³-hybridized carbons (Fsp3) is 0.714. The molecule has 0 aliphatic rings. The van der Waals surface area contributed by atoms with Crippen LogP contribution in [0.25, 0.3) is 0 Å². The molecule has 0 saturated carbocycles. The predicted molar refractivity (Wildman–Crippen MR) is 52.5 cm³/mol. The van der Waals surface area contributed by atoms with Gasteiger partial charge in [0.2, 0.25) is 0 Å². The van der Waals surface area contributed by atoms with E-state index >= 15 is 0 Å². The van der Waals surface area contributed by atoms with Gasteiger partial charge in [0.05, 0.1) is 4.16 Å². The molecule has 0 aromatic carbocycles. The van der Waals surface area contributed by atoms with Crippen LogP contribution in [0.1, 0.15) is 13.3 Å². The highest BCUT2D eigenvalue weighted by Crippen LogP contribution is 2.13. The monoisotopic (exact) mass is 254 g/mol. The van der Waals surface area contributed by atoms with Crippen LogP contribution in [0.4, 0.5) is 0 Å². The molecule has 1 unspecified atom stereocenters. The molecule has 0 bridgehead atoms. The number of ketones is 1. The van der Waals surface area contributed by atoms with Gasteiger partial charge < -0.3 is 4.74 Å². The van der Waals surface area contributed by atoms with E-state index in [9.17, 15) is 9.59 Å². The third-order valence-corrected chi connectivity index (χ3v) is 3.06. The first-order valence-corrected chi connectivity index (χ1v) is 5.58. The Kier molecular flexibility index (Phi) is 6.47. The Morgan fingerprint density at radius 2 is 2.17 bits per heavy atom. The Morgan fingerprint density at radius 3 is 2.58 bits per heavy atom. The minimum atomic E-state index is -0.457. The third-order valence-electron chi connectivity index (χ3n) is 1.02. The topological polar surface area (TPSA) is 43.4 Å². The Bertz CT molecular complexity index is 172. The molecule has 0 N–H and O–H groups in total. The van der Waals surface area contributed by atoms with Crippen LogP contribution >= 0.6 is 27.7 Å². The maximum atomic E-state index is 10.8. The molecule has 5 heteroatoms. The molecule has 0 aliphatic heterocycles. The number of rotatable bonds is 5. The maximum Gasteiger partial charge on any atom is 0.313 e. The zero-order valence-corrected chi connectivity index (χ0v) is 9.41. The lowest BCUT2D eigenvalue weighted by Crippen LogP contribution is -2.13. The van der Waals surface area contributed by atoms with Crippen LogP contribution in [-0.4, -0.2) is 28.8 Å². The summed E-state index contributed by atoms with van der Waals surface area (Å²) in [7, 11) is 0. The van der Waals surface area contributed by atoms with Crippen molar-refractivity contribution >= 4 is 39.4 Å². The number of hydrogen-bond acceptors (Lipinski definition) is 4. The van der Waals surface area contributed by atoms with Crippen molar-refractivity contribution in [2.75, 3.05) is 12.9 Å². The Morgan fingerprint density at radius 1 is 1.58 bits per heavy atom. The number of ether oxygens (including phenoxy) is 1. The van der Waals surface area contributed by atoms with Crippen molar-refractivity contribution in [2.45, 2.75) is 17.5 Å². The van der Waals surface area contributed by atoms with Crippen LogP contribution in [0.5, 0.6) is 0 Å². The number of carbonyl (C=O) groups excluding carboxylic acids is 2. The normalized spacial score (nSPS) is 12.2. The molecule has 12 heavy (non-hydrogen) atoms. The minimum absolute atomic E-state index is 0.105. The van der Waals surface area contributed by atoms with E-state index in [-0.39, 0.29) is 16.4 Å². The van der Waals surface area contributed by atoms with Crippen LogP contribution in [-0.2, 0) is 14.3 Å². The van der Waals surface area contributed by atoms with Gasteiger partial charge in [-0.1, -0.05) is 15.9 Å². The molecule has 0 aromatic rings. The van der Waals surface area contributed by atoms with E-state index in [1.54, 1.807) is 11.8 Å². The van der Waals surface area contributed by atoms with Gasteiger partial charge in [-0.3, -0.25) is 9.59 Å². The van der Waals surface area contributed by atoms with Crippen LogP contribution in [0, 0.1) is 0 Å². The highest BCUT2D eigenvalue weighted by Gasteiger charge is 2.08. The van der Waals surface area contributed by atoms with E-state index in [1.807, 2.05) is 6.26 Å². The number of esters is 1. The van der Waals surface area contributed by atoms with Gasteiger partial charge in [0, 0.05) is 0 Å². The highest BCUT2D eigenvalue weighted by molar-refractivity contribution is 9.11. The summed E-state index contributed by atoms with van der Waals surface area (Å²) in [4.78, 5) is 21.3. The molecule has 0 fully saturated rings. The molecule has 0 rings (SSSR count). The number of hydrogen-bond donors (Lipinski definition) is 0. The molecular weight excluding hydrogens is 244 g/mol. The van der Waals surface area contributed by atoms with Crippen molar-refractivity contribution in [2.24, 2.45) is 0 Å². The van der Waals surface area contributed by atoms with E-state index in [1.165, 1.54) is 6.92 Å². The Labute approximate surface area is 84.4 Å². The van der Waals surface area contributed by atoms with Gasteiger partial charge in [-0.15, -0.1) is 11.8 Å². The van der Waals surface area contributed by atoms with E-state index in [0.717, 1.165) is 0 Å². The lowest BCUT2D eigenvalue weighted by atomic mass is 10.3. The first-order valence-electron chi connectivity index (χ1n) is 3.38. The fourth-order valence-electron chi connectivity index (χ4n) is 0.481. The van der Waals surface area contributed by atoms with Gasteiger partial charge in [0.25, 0.3) is 0 Å². The van der Waals surface area contributed by atoms with E-state index in [4.69, 9.17) is 4.74 Å². The second kappa shape index (κ2) is 6.48. The molecule has 0 radical (unpaired) electrons. The largest absolute Gasteiger partial charge is 0.463 e. The van der Waals surface area contributed by atoms with Gasteiger partial charge in [-0.25, -0.2) is 0 Å². The minimum Gasteiger partial charge on any atom is -0.463 e. The van der Waals surface area contributed by atoms with Crippen molar-refractivity contribution in [3.8, 4) is 0 Å². The average Bonchev–Trinajstić information content (AvgIpc) is 1.99. The van der Waals surface area contributed by atoms with Crippen LogP contribution in [0.2, 0.25) is 0 Å². The highest BCUT2D eigenvalue weighted by atomic mass is 79.9. The third kappa shape index (κ3) is 6.67. The summed E-state index contributed by atoms with van der Waals surface area (Å²) in [5.41, 5.74) is 0. The summed E-state index contributed by atoms with van der Waals surface area (Å²) < 4.78 is 4.88. The van der Waals surface area contributed by atoms with Gasteiger partial charge in [-0.05, 0) is 13.2 Å². The number of alkyl halides is 1. The number of halogens is 1. The zero-order chi connectivity index (χ0) is 9.56. The second-order valence-electron chi connectivity index (χ2n) is 2.21. The molecule has 0 spiro atoms. The van der Waals surface area contributed by atoms with Gasteiger partial charge in [-0.2, -0.15) is 0 Å². The van der Waals surface area contributed by atoms with E-state index < -0.39 is 5.97 Å². The molecule has 0 aliphatic carbocycles. The van der Waals surface area contributed by atoms with Crippen molar-refractivity contribution < 1.29 is 14.3 Å². The zero-order valence-electron chi connectivity index (χ0n) is 7.00. The first kappa shape index (κ1) is 12.0. The number of Topliss-reactive ketones (excluding diaryl/α,β-unsaturated/α-hetero) is 1. The quantitative estimate of drug-likeness (QED) is 0.425. The van der Waals surface area contributed by atoms with Crippen molar-refractivity contribution in [3.63, 3.8) is 0 Å². The summed E-state index contributed by atoms with van der Waals surface area (Å²) in [5, 5.41) is 0. The Balaban J connectivity index is 3.50. The smallest absolute Gasteiger partial charge is 0.313 e. The summed E-state index contributed by atoms with van der Waals surface area (Å²) in [5.74, 6) is -0.628. The standard InChI is InChI=1S/C7H11BrO3S/c1-5(9)3-7(10)11-4-6(8)12-2/h6H,3-4H2,1-2H3. The van der Waals surface area contributed by atoms with Crippen molar-refractivity contribution in [1.82, 2.24) is 0 Å². The Hall–Kier alpha value is -0.0300. The first-order chi connectivity index (χ1) is 5.56. The lowest BCUT2D eigenvalue weighted by molar-refractivity contribution is -0.145. The van der Waals surface area contributed by atoms with Crippen molar-refractivity contribution in [1.29, 1.82) is 0 Å². The molecule has 1 atom stereocenters. The molecular formula is C7H11BrO3S. The summed E-state index contributed by atoms with van der Waals surface area (Å²) in [6.07, 6.45) is 1.77. The van der Waals surface area contributed by atoms with Crippen molar-refractivity contribution in [3.05, 3.63) is 0 Å². The van der Waals surface area contributed by atoms with Gasteiger partial charge >= 0.3 is 5.97 Å². The molecule has 0 heterocycles. The van der Waals surface area contributed by atoms with E-state index in [0.29, 0.717) is 6.61 Å². The molecule has 3 nitrogen and oxygen atoms in total. The average molecular weight is 255 g/mol. The summed E-state index contributed by atoms with van der Waals surface area (Å²) >= 11 is 4.81. The number of carbonyl (C=O) groups is 2. The fourth-order valence-corrected chi connectivity index (χ4v) is 0.817. The van der Waals surface area contributed by atoms with Crippen LogP contribution in [0.15, 0.2) is 0 Å². The van der Waals surface area contributed by atoms with Gasteiger partial charge in [0.15, 0.2) is 0 Å². The predicted octanol–water partition coefficient (Wildman–Crippen LogP) is 1.59. The van der Waals surface area contributed by atoms with Crippen LogP contribution in [0.3, 0.4) is 0 Å². The number of thioether (sulfide) groups is 1. The SMILES string of the molecule is CSC(Br)COC(=O)CC(C)=O.